The molecule has 1 aromatic rings. The Morgan fingerprint density at radius 2 is 2.29 bits per heavy atom. The second-order valence-electron chi connectivity index (χ2n) is 3.10. The molecule has 14 heavy (non-hydrogen) atoms. The minimum absolute atomic E-state index is 0.0481. The van der Waals surface area contributed by atoms with E-state index in [1.165, 1.54) is 0 Å². The molecule has 0 bridgehead atoms. The number of H-pyrrole nitrogens is 1. The third-order valence-electron chi connectivity index (χ3n) is 1.93. The van der Waals surface area contributed by atoms with Crippen molar-refractivity contribution in [3.05, 3.63) is 11.4 Å². The van der Waals surface area contributed by atoms with Gasteiger partial charge in [-0.05, 0) is 20.1 Å². The summed E-state index contributed by atoms with van der Waals surface area (Å²) >= 11 is 1.67. The van der Waals surface area contributed by atoms with Crippen LogP contribution in [0.25, 0.3) is 0 Å². The van der Waals surface area contributed by atoms with E-state index < -0.39 is 0 Å². The summed E-state index contributed by atoms with van der Waals surface area (Å²) < 4.78 is 0. The molecule has 4 nitrogen and oxygen atoms in total. The standard InChI is InChI=1S/C9H15N3OS/c1-6-9(7(2)12-11-6)10-8(13)4-5-14-3/h4-5H2,1-3H3,(H,10,13)(H,11,12). The molecule has 1 aromatic heterocycles. The van der Waals surface area contributed by atoms with Crippen LogP contribution in [0.1, 0.15) is 17.8 Å². The Hall–Kier alpha value is -0.970. The normalized spacial score (nSPS) is 10.2. The number of anilines is 1. The van der Waals surface area contributed by atoms with E-state index in [1.807, 2.05) is 20.1 Å². The molecule has 0 spiro atoms. The molecule has 0 saturated carbocycles. The van der Waals surface area contributed by atoms with Gasteiger partial charge in [0.1, 0.15) is 0 Å². The van der Waals surface area contributed by atoms with E-state index in [9.17, 15) is 4.79 Å². The molecule has 0 atom stereocenters. The highest BCUT2D eigenvalue weighted by Crippen LogP contribution is 2.16. The Kier molecular flexibility index (Phi) is 4.00. The summed E-state index contributed by atoms with van der Waals surface area (Å²) in [7, 11) is 0. The number of aromatic nitrogens is 2. The van der Waals surface area contributed by atoms with Crippen molar-refractivity contribution in [2.24, 2.45) is 0 Å². The number of hydrogen-bond acceptors (Lipinski definition) is 3. The first-order valence-corrected chi connectivity index (χ1v) is 5.85. The van der Waals surface area contributed by atoms with Crippen molar-refractivity contribution in [3.63, 3.8) is 0 Å². The number of hydrogen-bond donors (Lipinski definition) is 2. The van der Waals surface area contributed by atoms with Crippen molar-refractivity contribution >= 4 is 23.4 Å². The lowest BCUT2D eigenvalue weighted by molar-refractivity contribution is -0.115. The van der Waals surface area contributed by atoms with Gasteiger partial charge in [-0.25, -0.2) is 0 Å². The number of thioether (sulfide) groups is 1. The molecule has 0 aliphatic heterocycles. The van der Waals surface area contributed by atoms with Crippen LogP contribution in [0, 0.1) is 13.8 Å². The summed E-state index contributed by atoms with van der Waals surface area (Å²) in [5.74, 6) is 0.897. The molecule has 0 aliphatic carbocycles. The Labute approximate surface area is 87.9 Å². The number of nitrogens with zero attached hydrogens (tertiary/aromatic N) is 1. The van der Waals surface area contributed by atoms with Crippen molar-refractivity contribution in [2.45, 2.75) is 20.3 Å². The molecule has 0 saturated heterocycles. The van der Waals surface area contributed by atoms with Gasteiger partial charge in [0.25, 0.3) is 0 Å². The van der Waals surface area contributed by atoms with Gasteiger partial charge in [0.2, 0.25) is 5.91 Å². The van der Waals surface area contributed by atoms with Gasteiger partial charge in [-0.3, -0.25) is 9.89 Å². The largest absolute Gasteiger partial charge is 0.323 e. The van der Waals surface area contributed by atoms with Crippen LogP contribution in [-0.2, 0) is 4.79 Å². The second kappa shape index (κ2) is 5.05. The van der Waals surface area contributed by atoms with E-state index in [0.29, 0.717) is 6.42 Å². The molecule has 0 unspecified atom stereocenters. The Morgan fingerprint density at radius 3 is 2.79 bits per heavy atom. The van der Waals surface area contributed by atoms with Crippen molar-refractivity contribution in [1.29, 1.82) is 0 Å². The molecule has 1 amide bonds. The number of nitrogens with one attached hydrogen (secondary N) is 2. The predicted octanol–water partition coefficient (Wildman–Crippen LogP) is 1.72. The van der Waals surface area contributed by atoms with Gasteiger partial charge >= 0.3 is 0 Å². The van der Waals surface area contributed by atoms with Gasteiger partial charge in [0, 0.05) is 12.2 Å². The summed E-state index contributed by atoms with van der Waals surface area (Å²) in [6.07, 6.45) is 2.53. The summed E-state index contributed by atoms with van der Waals surface area (Å²) in [6.45, 7) is 3.76. The van der Waals surface area contributed by atoms with E-state index in [1.54, 1.807) is 11.8 Å². The van der Waals surface area contributed by atoms with E-state index in [4.69, 9.17) is 0 Å². The number of aromatic amines is 1. The van der Waals surface area contributed by atoms with Crippen LogP contribution >= 0.6 is 11.8 Å². The minimum Gasteiger partial charge on any atom is -0.323 e. The van der Waals surface area contributed by atoms with Crippen molar-refractivity contribution in [3.8, 4) is 0 Å². The first-order chi connectivity index (χ1) is 6.65. The van der Waals surface area contributed by atoms with Crippen LogP contribution in [0.4, 0.5) is 5.69 Å². The fourth-order valence-electron chi connectivity index (χ4n) is 1.13. The Morgan fingerprint density at radius 1 is 1.57 bits per heavy atom. The van der Waals surface area contributed by atoms with Crippen LogP contribution in [0.2, 0.25) is 0 Å². The van der Waals surface area contributed by atoms with Gasteiger partial charge in [-0.1, -0.05) is 0 Å². The lowest BCUT2D eigenvalue weighted by atomic mass is 10.3. The zero-order valence-electron chi connectivity index (χ0n) is 8.68. The predicted molar refractivity (Wildman–Crippen MR) is 59.7 cm³/mol. The Balaban J connectivity index is 2.55. The number of rotatable bonds is 4. The molecule has 1 heterocycles. The fraction of sp³-hybridized carbons (Fsp3) is 0.556. The molecule has 0 aliphatic rings. The molecular formula is C9H15N3OS. The smallest absolute Gasteiger partial charge is 0.225 e. The van der Waals surface area contributed by atoms with E-state index in [-0.39, 0.29) is 5.91 Å². The van der Waals surface area contributed by atoms with Crippen LogP contribution in [0.3, 0.4) is 0 Å². The van der Waals surface area contributed by atoms with E-state index in [2.05, 4.69) is 15.5 Å². The first kappa shape index (κ1) is 11.1. The minimum atomic E-state index is 0.0481. The van der Waals surface area contributed by atoms with Crippen LogP contribution in [0.15, 0.2) is 0 Å². The highest BCUT2D eigenvalue weighted by atomic mass is 32.2. The maximum atomic E-state index is 11.4. The Bertz CT molecular complexity index is 302. The molecule has 5 heteroatoms. The molecule has 78 valence electrons. The highest BCUT2D eigenvalue weighted by molar-refractivity contribution is 7.98. The first-order valence-electron chi connectivity index (χ1n) is 4.45. The third kappa shape index (κ3) is 2.77. The zero-order chi connectivity index (χ0) is 10.6. The molecule has 0 radical (unpaired) electrons. The second-order valence-corrected chi connectivity index (χ2v) is 4.09. The van der Waals surface area contributed by atoms with Crippen LogP contribution in [0.5, 0.6) is 0 Å². The maximum absolute atomic E-state index is 11.4. The summed E-state index contributed by atoms with van der Waals surface area (Å²) in [4.78, 5) is 11.4. The molecule has 2 N–H and O–H groups in total. The lowest BCUT2D eigenvalue weighted by Crippen LogP contribution is -2.13. The summed E-state index contributed by atoms with van der Waals surface area (Å²) in [5, 5.41) is 9.68. The third-order valence-corrected chi connectivity index (χ3v) is 2.54. The summed E-state index contributed by atoms with van der Waals surface area (Å²) in [6, 6.07) is 0. The van der Waals surface area contributed by atoms with Crippen molar-refractivity contribution in [1.82, 2.24) is 10.2 Å². The van der Waals surface area contributed by atoms with Gasteiger partial charge in [-0.15, -0.1) is 0 Å². The molecule has 1 rings (SSSR count). The van der Waals surface area contributed by atoms with Crippen LogP contribution in [-0.4, -0.2) is 28.1 Å². The summed E-state index contributed by atoms with van der Waals surface area (Å²) in [5.41, 5.74) is 2.55. The fourth-order valence-corrected chi connectivity index (χ4v) is 1.52. The van der Waals surface area contributed by atoms with E-state index in [0.717, 1.165) is 22.8 Å². The topological polar surface area (TPSA) is 57.8 Å². The average Bonchev–Trinajstić information content (AvgIpc) is 2.46. The quantitative estimate of drug-likeness (QED) is 0.800. The number of amides is 1. The number of carbonyl (C=O) groups is 1. The maximum Gasteiger partial charge on any atom is 0.225 e. The van der Waals surface area contributed by atoms with Gasteiger partial charge in [0.15, 0.2) is 0 Å². The van der Waals surface area contributed by atoms with Gasteiger partial charge in [0.05, 0.1) is 17.1 Å². The van der Waals surface area contributed by atoms with Gasteiger partial charge < -0.3 is 5.32 Å². The average molecular weight is 213 g/mol. The molecular weight excluding hydrogens is 198 g/mol. The van der Waals surface area contributed by atoms with Gasteiger partial charge in [-0.2, -0.15) is 16.9 Å². The molecule has 0 aromatic carbocycles. The SMILES string of the molecule is CSCCC(=O)Nc1c(C)n[nH]c1C. The molecule has 0 fully saturated rings. The van der Waals surface area contributed by atoms with Crippen LogP contribution < -0.4 is 5.32 Å². The van der Waals surface area contributed by atoms with Crippen molar-refractivity contribution < 1.29 is 4.79 Å². The number of carbonyl (C=O) groups excluding carboxylic acids is 1. The monoisotopic (exact) mass is 213 g/mol. The number of aryl methyl sites for hydroxylation is 2. The lowest BCUT2D eigenvalue weighted by Gasteiger charge is -2.03. The van der Waals surface area contributed by atoms with E-state index >= 15 is 0 Å². The highest BCUT2D eigenvalue weighted by Gasteiger charge is 2.09. The zero-order valence-corrected chi connectivity index (χ0v) is 9.49. The van der Waals surface area contributed by atoms with Crippen molar-refractivity contribution in [2.75, 3.05) is 17.3 Å².